The van der Waals surface area contributed by atoms with Crippen LogP contribution < -0.4 is 15.5 Å². The lowest BCUT2D eigenvalue weighted by molar-refractivity contribution is 0.0938. The largest absolute Gasteiger partial charge is 0.497 e. The fraction of sp³-hybridized carbons (Fsp3) is 0.200. The summed E-state index contributed by atoms with van der Waals surface area (Å²) in [5, 5.41) is 3.36. The Morgan fingerprint density at radius 2 is 1.80 bits per heavy atom. The third kappa shape index (κ3) is 2.31. The SMILES string of the molecule is COc1ccc(C2NC(=O)c3oc4c(C)cc(C)cc4c(=O)c32)cc1. The molecule has 3 aromatic rings. The normalized spacial score (nSPS) is 16.0. The standard InChI is InChI=1S/C20H17NO4/c1-10-8-11(2)18-14(9-10)17(22)15-16(21-20(23)19(15)25-18)12-4-6-13(24-3)7-5-12/h4-9,16H,1-3H3,(H,21,23). The molecule has 0 aliphatic carbocycles. The predicted octanol–water partition coefficient (Wildman–Crippen LogP) is 3.25. The first-order valence-corrected chi connectivity index (χ1v) is 8.02. The molecular weight excluding hydrogens is 318 g/mol. The number of ether oxygens (including phenoxy) is 1. The van der Waals surface area contributed by atoms with Gasteiger partial charge in [0.1, 0.15) is 11.3 Å². The molecule has 1 atom stereocenters. The first-order chi connectivity index (χ1) is 12.0. The first kappa shape index (κ1) is 15.4. The second-order valence-electron chi connectivity index (χ2n) is 6.31. The molecule has 1 aliphatic rings. The molecular formula is C20H17NO4. The molecule has 2 aromatic carbocycles. The van der Waals surface area contributed by atoms with Gasteiger partial charge >= 0.3 is 0 Å². The van der Waals surface area contributed by atoms with Crippen LogP contribution in [0, 0.1) is 13.8 Å². The zero-order chi connectivity index (χ0) is 17.7. The molecule has 0 saturated carbocycles. The van der Waals surface area contributed by atoms with Crippen LogP contribution in [-0.2, 0) is 0 Å². The highest BCUT2D eigenvalue weighted by atomic mass is 16.5. The fourth-order valence-corrected chi connectivity index (χ4v) is 3.41. The van der Waals surface area contributed by atoms with E-state index < -0.39 is 6.04 Å². The highest BCUT2D eigenvalue weighted by Gasteiger charge is 2.36. The number of hydrogen-bond donors (Lipinski definition) is 1. The minimum atomic E-state index is -0.519. The Balaban J connectivity index is 1.96. The molecule has 0 fully saturated rings. The van der Waals surface area contributed by atoms with Gasteiger partial charge < -0.3 is 14.5 Å². The number of amides is 1. The summed E-state index contributed by atoms with van der Waals surface area (Å²) in [7, 11) is 1.59. The number of carbonyl (C=O) groups excluding carboxylic acids is 1. The monoisotopic (exact) mass is 335 g/mol. The lowest BCUT2D eigenvalue weighted by Gasteiger charge is -2.12. The number of nitrogens with one attached hydrogen (secondary N) is 1. The summed E-state index contributed by atoms with van der Waals surface area (Å²) < 4.78 is 11.0. The number of rotatable bonds is 2. The van der Waals surface area contributed by atoms with E-state index in [2.05, 4.69) is 5.32 Å². The summed E-state index contributed by atoms with van der Waals surface area (Å²) in [4.78, 5) is 25.5. The van der Waals surface area contributed by atoms with Gasteiger partial charge in [-0.2, -0.15) is 0 Å². The van der Waals surface area contributed by atoms with Crippen molar-refractivity contribution in [2.24, 2.45) is 0 Å². The van der Waals surface area contributed by atoms with Gasteiger partial charge in [-0.05, 0) is 48.7 Å². The van der Waals surface area contributed by atoms with Gasteiger partial charge in [0.05, 0.1) is 24.1 Å². The van der Waals surface area contributed by atoms with E-state index in [1.807, 2.05) is 38.1 Å². The maximum absolute atomic E-state index is 13.1. The lowest BCUT2D eigenvalue weighted by Crippen LogP contribution is -2.21. The van der Waals surface area contributed by atoms with Crippen molar-refractivity contribution in [1.29, 1.82) is 0 Å². The van der Waals surface area contributed by atoms with Crippen molar-refractivity contribution in [2.45, 2.75) is 19.9 Å². The Morgan fingerprint density at radius 3 is 2.48 bits per heavy atom. The molecule has 1 aromatic heterocycles. The number of benzene rings is 2. The van der Waals surface area contributed by atoms with E-state index in [0.717, 1.165) is 16.7 Å². The second-order valence-corrected chi connectivity index (χ2v) is 6.31. The third-order valence-electron chi connectivity index (χ3n) is 4.58. The highest BCUT2D eigenvalue weighted by molar-refractivity contribution is 5.99. The van der Waals surface area contributed by atoms with Crippen molar-refractivity contribution < 1.29 is 13.9 Å². The minimum Gasteiger partial charge on any atom is -0.497 e. The van der Waals surface area contributed by atoms with Crippen molar-refractivity contribution in [3.05, 3.63) is 74.6 Å². The van der Waals surface area contributed by atoms with Gasteiger partial charge in [0.25, 0.3) is 5.91 Å². The second kappa shape index (κ2) is 5.48. The molecule has 2 heterocycles. The molecule has 126 valence electrons. The van der Waals surface area contributed by atoms with Crippen LogP contribution in [0.4, 0.5) is 0 Å². The number of fused-ring (bicyclic) bond motifs is 2. The summed E-state index contributed by atoms with van der Waals surface area (Å²) in [6.07, 6.45) is 0. The average Bonchev–Trinajstić information content (AvgIpc) is 2.93. The molecule has 0 radical (unpaired) electrons. The van der Waals surface area contributed by atoms with Gasteiger partial charge in [-0.3, -0.25) is 9.59 Å². The summed E-state index contributed by atoms with van der Waals surface area (Å²) in [5.41, 5.74) is 3.31. The van der Waals surface area contributed by atoms with Gasteiger partial charge in [0, 0.05) is 0 Å². The number of methoxy groups -OCH3 is 1. The minimum absolute atomic E-state index is 0.102. The zero-order valence-corrected chi connectivity index (χ0v) is 14.2. The summed E-state index contributed by atoms with van der Waals surface area (Å²) >= 11 is 0. The first-order valence-electron chi connectivity index (χ1n) is 8.02. The molecule has 1 aliphatic heterocycles. The van der Waals surface area contributed by atoms with E-state index >= 15 is 0 Å². The summed E-state index contributed by atoms with van der Waals surface area (Å²) in [6.45, 7) is 3.81. The Labute approximate surface area is 144 Å². The van der Waals surface area contributed by atoms with Crippen molar-refractivity contribution in [2.75, 3.05) is 7.11 Å². The average molecular weight is 335 g/mol. The van der Waals surface area contributed by atoms with Crippen molar-refractivity contribution in [3.8, 4) is 5.75 Å². The summed E-state index contributed by atoms with van der Waals surface area (Å²) in [5.74, 6) is 0.449. The van der Waals surface area contributed by atoms with Crippen molar-refractivity contribution >= 4 is 16.9 Å². The Kier molecular flexibility index (Phi) is 3.39. The van der Waals surface area contributed by atoms with E-state index in [1.54, 1.807) is 19.2 Å². The smallest absolute Gasteiger partial charge is 0.288 e. The Hall–Kier alpha value is -3.08. The van der Waals surface area contributed by atoms with Crippen LogP contribution in [0.1, 0.15) is 38.9 Å². The van der Waals surface area contributed by atoms with Crippen LogP contribution >= 0.6 is 0 Å². The zero-order valence-electron chi connectivity index (χ0n) is 14.2. The molecule has 5 heteroatoms. The van der Waals surface area contributed by atoms with Crippen molar-refractivity contribution in [1.82, 2.24) is 5.32 Å². The molecule has 0 saturated heterocycles. The van der Waals surface area contributed by atoms with Gasteiger partial charge in [0.2, 0.25) is 5.76 Å². The number of hydrogen-bond acceptors (Lipinski definition) is 4. The van der Waals surface area contributed by atoms with Gasteiger partial charge in [0.15, 0.2) is 5.43 Å². The molecule has 0 spiro atoms. The van der Waals surface area contributed by atoms with Gasteiger partial charge in [-0.25, -0.2) is 0 Å². The van der Waals surface area contributed by atoms with E-state index in [9.17, 15) is 9.59 Å². The van der Waals surface area contributed by atoms with E-state index in [-0.39, 0.29) is 17.1 Å². The van der Waals surface area contributed by atoms with Crippen LogP contribution in [0.2, 0.25) is 0 Å². The topological polar surface area (TPSA) is 68.5 Å². The maximum atomic E-state index is 13.1. The molecule has 1 unspecified atom stereocenters. The number of carbonyl (C=O) groups is 1. The van der Waals surface area contributed by atoms with Crippen LogP contribution in [0.3, 0.4) is 0 Å². The maximum Gasteiger partial charge on any atom is 0.288 e. The van der Waals surface area contributed by atoms with Gasteiger partial charge in [-0.15, -0.1) is 0 Å². The quantitative estimate of drug-likeness (QED) is 0.780. The van der Waals surface area contributed by atoms with Crippen LogP contribution in [0.5, 0.6) is 5.75 Å². The molecule has 5 nitrogen and oxygen atoms in total. The highest BCUT2D eigenvalue weighted by Crippen LogP contribution is 2.32. The van der Waals surface area contributed by atoms with Crippen LogP contribution in [0.15, 0.2) is 45.6 Å². The van der Waals surface area contributed by atoms with Crippen molar-refractivity contribution in [3.63, 3.8) is 0 Å². The fourth-order valence-electron chi connectivity index (χ4n) is 3.41. The molecule has 25 heavy (non-hydrogen) atoms. The van der Waals surface area contributed by atoms with E-state index in [1.165, 1.54) is 0 Å². The molecule has 0 bridgehead atoms. The number of aryl methyl sites for hydroxylation is 2. The molecule has 1 N–H and O–H groups in total. The Bertz CT molecular complexity index is 1060. The van der Waals surface area contributed by atoms with Gasteiger partial charge in [-0.1, -0.05) is 18.2 Å². The summed E-state index contributed by atoms with van der Waals surface area (Å²) in [6, 6.07) is 10.5. The predicted molar refractivity (Wildman–Crippen MR) is 94.3 cm³/mol. The van der Waals surface area contributed by atoms with E-state index in [0.29, 0.717) is 22.3 Å². The van der Waals surface area contributed by atoms with Crippen LogP contribution in [-0.4, -0.2) is 13.0 Å². The third-order valence-corrected chi connectivity index (χ3v) is 4.58. The molecule has 1 amide bonds. The lowest BCUT2D eigenvalue weighted by atomic mass is 9.98. The van der Waals surface area contributed by atoms with Crippen LogP contribution in [0.25, 0.3) is 11.0 Å². The van der Waals surface area contributed by atoms with E-state index in [4.69, 9.17) is 9.15 Å². The Morgan fingerprint density at radius 1 is 1.08 bits per heavy atom. The molecule has 4 rings (SSSR count).